The Hall–Kier alpha value is -2.33. The zero-order valence-electron chi connectivity index (χ0n) is 15.3. The van der Waals surface area contributed by atoms with Crippen molar-refractivity contribution in [1.29, 1.82) is 0 Å². The van der Waals surface area contributed by atoms with Crippen molar-refractivity contribution >= 4 is 23.0 Å². The van der Waals surface area contributed by atoms with Gasteiger partial charge < -0.3 is 15.4 Å². The van der Waals surface area contributed by atoms with E-state index in [1.54, 1.807) is 12.7 Å². The summed E-state index contributed by atoms with van der Waals surface area (Å²) in [7, 11) is 1.68. The molecular formula is C22H26N2OS. The van der Waals surface area contributed by atoms with Gasteiger partial charge in [0.2, 0.25) is 0 Å². The first-order valence-electron chi connectivity index (χ1n) is 9.22. The Labute approximate surface area is 161 Å². The lowest BCUT2D eigenvalue weighted by Gasteiger charge is -2.16. The molecule has 1 aliphatic carbocycles. The predicted octanol–water partition coefficient (Wildman–Crippen LogP) is 5.54. The minimum Gasteiger partial charge on any atom is -0.495 e. The normalized spacial score (nSPS) is 13.7. The van der Waals surface area contributed by atoms with Crippen molar-refractivity contribution in [2.45, 2.75) is 32.1 Å². The second-order valence-electron chi connectivity index (χ2n) is 6.52. The molecule has 2 aromatic rings. The first kappa shape index (κ1) is 18.5. The number of thiocarbonyl (C=S) groups is 1. The van der Waals surface area contributed by atoms with Gasteiger partial charge >= 0.3 is 0 Å². The third-order valence-electron chi connectivity index (χ3n) is 4.67. The maximum absolute atomic E-state index is 5.48. The van der Waals surface area contributed by atoms with Crippen molar-refractivity contribution in [3.05, 3.63) is 60.2 Å². The zero-order valence-corrected chi connectivity index (χ0v) is 16.1. The Kier molecular flexibility index (Phi) is 6.67. The summed E-state index contributed by atoms with van der Waals surface area (Å²) in [6, 6.07) is 16.4. The Morgan fingerprint density at radius 2 is 1.92 bits per heavy atom. The lowest BCUT2D eigenvalue weighted by atomic mass is 9.97. The van der Waals surface area contributed by atoms with Crippen molar-refractivity contribution in [3.8, 4) is 16.9 Å². The van der Waals surface area contributed by atoms with Gasteiger partial charge in [0.05, 0.1) is 12.8 Å². The van der Waals surface area contributed by atoms with Gasteiger partial charge in [-0.15, -0.1) is 0 Å². The SMILES string of the molecule is COc1ccc(-c2ccccc2)cc1NC(=S)NCCC1=CCCCC1. The summed E-state index contributed by atoms with van der Waals surface area (Å²) in [6.45, 7) is 0.859. The Morgan fingerprint density at radius 3 is 2.65 bits per heavy atom. The number of nitrogens with one attached hydrogen (secondary N) is 2. The van der Waals surface area contributed by atoms with Crippen molar-refractivity contribution < 1.29 is 4.74 Å². The first-order valence-corrected chi connectivity index (χ1v) is 9.63. The molecular weight excluding hydrogens is 340 g/mol. The molecule has 0 fully saturated rings. The molecule has 2 aromatic carbocycles. The highest BCUT2D eigenvalue weighted by atomic mass is 32.1. The molecule has 3 rings (SSSR count). The molecule has 0 unspecified atom stereocenters. The van der Waals surface area contributed by atoms with Gasteiger partial charge in [-0.3, -0.25) is 0 Å². The van der Waals surface area contributed by atoms with E-state index in [1.807, 2.05) is 24.3 Å². The van der Waals surface area contributed by atoms with Crippen LogP contribution in [0.4, 0.5) is 5.69 Å². The second-order valence-corrected chi connectivity index (χ2v) is 6.93. The van der Waals surface area contributed by atoms with E-state index < -0.39 is 0 Å². The van der Waals surface area contributed by atoms with Gasteiger partial charge in [-0.1, -0.05) is 48.0 Å². The van der Waals surface area contributed by atoms with E-state index in [1.165, 1.54) is 31.2 Å². The van der Waals surface area contributed by atoms with E-state index in [4.69, 9.17) is 17.0 Å². The quantitative estimate of drug-likeness (QED) is 0.519. The van der Waals surface area contributed by atoms with Gasteiger partial charge in [-0.2, -0.15) is 0 Å². The number of hydrogen-bond acceptors (Lipinski definition) is 2. The Bertz CT molecular complexity index is 771. The van der Waals surface area contributed by atoms with Gasteiger partial charge in [-0.25, -0.2) is 0 Å². The molecule has 0 bridgehead atoms. The number of anilines is 1. The summed E-state index contributed by atoms with van der Waals surface area (Å²) in [5.74, 6) is 0.781. The fourth-order valence-corrected chi connectivity index (χ4v) is 3.46. The van der Waals surface area contributed by atoms with Crippen LogP contribution in [-0.2, 0) is 0 Å². The Morgan fingerprint density at radius 1 is 1.08 bits per heavy atom. The molecule has 0 aliphatic heterocycles. The molecule has 26 heavy (non-hydrogen) atoms. The fourth-order valence-electron chi connectivity index (χ4n) is 3.25. The zero-order chi connectivity index (χ0) is 18.2. The van der Waals surface area contributed by atoms with Gasteiger partial charge in [0.25, 0.3) is 0 Å². The maximum Gasteiger partial charge on any atom is 0.170 e. The van der Waals surface area contributed by atoms with Crippen LogP contribution in [0.2, 0.25) is 0 Å². The van der Waals surface area contributed by atoms with E-state index in [0.717, 1.165) is 30.0 Å². The summed E-state index contributed by atoms with van der Waals surface area (Å²) in [5.41, 5.74) is 4.73. The monoisotopic (exact) mass is 366 g/mol. The average molecular weight is 367 g/mol. The smallest absolute Gasteiger partial charge is 0.170 e. The van der Waals surface area contributed by atoms with Gasteiger partial charge in [0.1, 0.15) is 5.75 Å². The summed E-state index contributed by atoms with van der Waals surface area (Å²) in [6.07, 6.45) is 8.54. The van der Waals surface area contributed by atoms with Crippen LogP contribution in [0.5, 0.6) is 5.75 Å². The lowest BCUT2D eigenvalue weighted by Crippen LogP contribution is -2.29. The second kappa shape index (κ2) is 9.39. The minimum atomic E-state index is 0.630. The highest BCUT2D eigenvalue weighted by Crippen LogP contribution is 2.30. The molecule has 2 N–H and O–H groups in total. The highest BCUT2D eigenvalue weighted by Gasteiger charge is 2.08. The maximum atomic E-state index is 5.48. The summed E-state index contributed by atoms with van der Waals surface area (Å²) in [5, 5.41) is 7.23. The van der Waals surface area contributed by atoms with Gasteiger partial charge in [0.15, 0.2) is 5.11 Å². The molecule has 0 spiro atoms. The molecule has 0 heterocycles. The van der Waals surface area contributed by atoms with Crippen LogP contribution in [0.3, 0.4) is 0 Å². The largest absolute Gasteiger partial charge is 0.495 e. The molecule has 0 aromatic heterocycles. The van der Waals surface area contributed by atoms with Crippen molar-refractivity contribution in [1.82, 2.24) is 5.32 Å². The van der Waals surface area contributed by atoms with Crippen LogP contribution < -0.4 is 15.4 Å². The number of rotatable bonds is 6. The third kappa shape index (κ3) is 5.09. The van der Waals surface area contributed by atoms with Crippen LogP contribution >= 0.6 is 12.2 Å². The van der Waals surface area contributed by atoms with Gasteiger partial charge in [0, 0.05) is 6.54 Å². The van der Waals surface area contributed by atoms with E-state index in [9.17, 15) is 0 Å². The standard InChI is InChI=1S/C22H26N2OS/c1-25-21-13-12-19(18-10-6-3-7-11-18)16-20(21)24-22(26)23-15-14-17-8-4-2-5-9-17/h3,6-8,10-13,16H,2,4-5,9,14-15H2,1H3,(H2,23,24,26). The number of methoxy groups -OCH3 is 1. The number of ether oxygens (including phenoxy) is 1. The van der Waals surface area contributed by atoms with Crippen LogP contribution in [0.15, 0.2) is 60.2 Å². The van der Waals surface area contributed by atoms with E-state index in [-0.39, 0.29) is 0 Å². The van der Waals surface area contributed by atoms with E-state index >= 15 is 0 Å². The molecule has 0 saturated carbocycles. The summed E-state index contributed by atoms with van der Waals surface area (Å²) in [4.78, 5) is 0. The number of allylic oxidation sites excluding steroid dienone is 1. The van der Waals surface area contributed by atoms with Crippen molar-refractivity contribution in [2.75, 3.05) is 19.0 Å². The number of hydrogen-bond donors (Lipinski definition) is 2. The molecule has 3 nitrogen and oxygen atoms in total. The molecule has 0 radical (unpaired) electrons. The first-order chi connectivity index (χ1) is 12.8. The molecule has 4 heteroatoms. The van der Waals surface area contributed by atoms with Crippen LogP contribution in [0.1, 0.15) is 32.1 Å². The summed E-state index contributed by atoms with van der Waals surface area (Å²) < 4.78 is 5.48. The Balaban J connectivity index is 1.62. The van der Waals surface area contributed by atoms with E-state index in [2.05, 4.69) is 41.0 Å². The topological polar surface area (TPSA) is 33.3 Å². The van der Waals surface area contributed by atoms with Crippen molar-refractivity contribution in [3.63, 3.8) is 0 Å². The van der Waals surface area contributed by atoms with E-state index in [0.29, 0.717) is 5.11 Å². The average Bonchev–Trinajstić information content (AvgIpc) is 2.69. The molecule has 0 atom stereocenters. The molecule has 0 saturated heterocycles. The molecule has 136 valence electrons. The van der Waals surface area contributed by atoms with Crippen molar-refractivity contribution in [2.24, 2.45) is 0 Å². The summed E-state index contributed by atoms with van der Waals surface area (Å²) >= 11 is 5.47. The van der Waals surface area contributed by atoms with Crippen LogP contribution in [0.25, 0.3) is 11.1 Å². The predicted molar refractivity (Wildman–Crippen MR) is 114 cm³/mol. The fraction of sp³-hybridized carbons (Fsp3) is 0.318. The minimum absolute atomic E-state index is 0.630. The molecule has 1 aliphatic rings. The van der Waals surface area contributed by atoms with Crippen LogP contribution in [0, 0.1) is 0 Å². The van der Waals surface area contributed by atoms with Gasteiger partial charge in [-0.05, 0) is 67.6 Å². The highest BCUT2D eigenvalue weighted by molar-refractivity contribution is 7.80. The van der Waals surface area contributed by atoms with Crippen LogP contribution in [-0.4, -0.2) is 18.8 Å². The third-order valence-corrected chi connectivity index (χ3v) is 4.92. The molecule has 0 amide bonds. The number of benzene rings is 2. The lowest BCUT2D eigenvalue weighted by molar-refractivity contribution is 0.417.